The molecule has 18 heteroatoms. The molecule has 3 aliphatic heterocycles. The standard InChI is InChI=1S/C16H28BNO4.C16H19F3N2O2.C6H3ClF3N.C2H6.CH4/c1-14(2,3)20-13(19)18-10-8-12(9-11-18)17-21-15(4,5)16(6,7)22-17;1-15(2,3)23-14(22)21-9-6-11(7-10-21)13-12(16(17,18)19)5-4-8-20-13;7-5-4(6(8,9)10)2-1-3-11-5;1-2;/h8H,9-11H2,1-7H3;4-6,8H,7,9-10H2,1-3H3;1-3H;1-2H3;1H4. The van der Waals surface area contributed by atoms with Gasteiger partial charge in [0.05, 0.1) is 28.0 Å². The van der Waals surface area contributed by atoms with Crippen LogP contribution in [0.5, 0.6) is 0 Å². The number of hydrogen-bond acceptors (Lipinski definition) is 8. The van der Waals surface area contributed by atoms with Crippen LogP contribution in [0.4, 0.5) is 35.9 Å². The van der Waals surface area contributed by atoms with E-state index < -0.39 is 45.9 Å². The molecule has 332 valence electrons. The number of carbonyl (C=O) groups excluding carboxylic acids is 2. The summed E-state index contributed by atoms with van der Waals surface area (Å²) >= 11 is 5.18. The molecule has 2 amide bonds. The van der Waals surface area contributed by atoms with Crippen molar-refractivity contribution in [2.45, 2.75) is 138 Å². The van der Waals surface area contributed by atoms with E-state index >= 15 is 0 Å². The number of alkyl halides is 6. The summed E-state index contributed by atoms with van der Waals surface area (Å²) in [6.45, 7) is 24.8. The number of ether oxygens (including phenoxy) is 2. The second kappa shape index (κ2) is 21.1. The van der Waals surface area contributed by atoms with Gasteiger partial charge in [0.15, 0.2) is 0 Å². The molecule has 0 spiro atoms. The predicted molar refractivity (Wildman–Crippen MR) is 219 cm³/mol. The van der Waals surface area contributed by atoms with Gasteiger partial charge in [-0.15, -0.1) is 0 Å². The molecule has 59 heavy (non-hydrogen) atoms. The fourth-order valence-electron chi connectivity index (χ4n) is 5.25. The Hall–Kier alpha value is -3.83. The molecule has 5 rings (SSSR count). The van der Waals surface area contributed by atoms with Crippen LogP contribution in [0.2, 0.25) is 5.15 Å². The van der Waals surface area contributed by atoms with Crippen LogP contribution < -0.4 is 0 Å². The van der Waals surface area contributed by atoms with Crippen molar-refractivity contribution in [1.82, 2.24) is 19.8 Å². The van der Waals surface area contributed by atoms with Gasteiger partial charge in [0.1, 0.15) is 16.4 Å². The van der Waals surface area contributed by atoms with Crippen molar-refractivity contribution >= 4 is 36.5 Å². The van der Waals surface area contributed by atoms with Crippen LogP contribution in [0.15, 0.2) is 54.3 Å². The van der Waals surface area contributed by atoms with E-state index in [9.17, 15) is 35.9 Å². The third-order valence-electron chi connectivity index (χ3n) is 8.79. The van der Waals surface area contributed by atoms with E-state index in [-0.39, 0.29) is 44.1 Å². The molecule has 1 fully saturated rings. The van der Waals surface area contributed by atoms with Crippen LogP contribution in [0.1, 0.15) is 120 Å². The maximum atomic E-state index is 13.0. The lowest BCUT2D eigenvalue weighted by Crippen LogP contribution is -2.41. The summed E-state index contributed by atoms with van der Waals surface area (Å²) in [5.41, 5.74) is -1.85. The molecule has 0 bridgehead atoms. The first-order valence-electron chi connectivity index (χ1n) is 18.9. The number of pyridine rings is 2. The van der Waals surface area contributed by atoms with Crippen molar-refractivity contribution in [2.24, 2.45) is 0 Å². The Balaban J connectivity index is 0.000000453. The van der Waals surface area contributed by atoms with Crippen LogP contribution in [0, 0.1) is 0 Å². The van der Waals surface area contributed by atoms with Crippen molar-refractivity contribution in [3.63, 3.8) is 0 Å². The highest BCUT2D eigenvalue weighted by atomic mass is 35.5. The van der Waals surface area contributed by atoms with Crippen molar-refractivity contribution in [2.75, 3.05) is 26.2 Å². The van der Waals surface area contributed by atoms with Crippen molar-refractivity contribution in [1.29, 1.82) is 0 Å². The van der Waals surface area contributed by atoms with Crippen LogP contribution in [-0.2, 0) is 31.1 Å². The molecule has 0 atom stereocenters. The Kier molecular flexibility index (Phi) is 19.0. The molecular formula is C41H60BClF6N4O6. The second-order valence-corrected chi connectivity index (χ2v) is 16.5. The first-order chi connectivity index (χ1) is 26.5. The maximum Gasteiger partial charge on any atom is 0.490 e. The fraction of sp³-hybridized carbons (Fsp3) is 0.610. The average molecular weight is 865 g/mol. The Labute approximate surface area is 350 Å². The highest BCUT2D eigenvalue weighted by Gasteiger charge is 2.52. The summed E-state index contributed by atoms with van der Waals surface area (Å²) in [6.07, 6.45) is -2.38. The second-order valence-electron chi connectivity index (χ2n) is 16.2. The summed E-state index contributed by atoms with van der Waals surface area (Å²) in [4.78, 5) is 34.4. The van der Waals surface area contributed by atoms with Gasteiger partial charge < -0.3 is 28.6 Å². The zero-order valence-corrected chi connectivity index (χ0v) is 36.1. The van der Waals surface area contributed by atoms with E-state index in [0.29, 0.717) is 31.6 Å². The molecule has 0 unspecified atom stereocenters. The summed E-state index contributed by atoms with van der Waals surface area (Å²) < 4.78 is 97.7. The van der Waals surface area contributed by atoms with E-state index in [1.807, 2.05) is 68.4 Å². The van der Waals surface area contributed by atoms with Gasteiger partial charge in [-0.2, -0.15) is 26.3 Å². The topological polar surface area (TPSA) is 103 Å². The van der Waals surface area contributed by atoms with E-state index in [1.54, 1.807) is 31.7 Å². The number of rotatable bonds is 2. The molecule has 0 saturated carbocycles. The van der Waals surface area contributed by atoms with Crippen LogP contribution in [0.25, 0.3) is 5.57 Å². The Bertz CT molecular complexity index is 1740. The first kappa shape index (κ1) is 53.2. The summed E-state index contributed by atoms with van der Waals surface area (Å²) in [5, 5.41) is -0.514. The zero-order valence-electron chi connectivity index (χ0n) is 35.3. The lowest BCUT2D eigenvalue weighted by atomic mass is 9.75. The van der Waals surface area contributed by atoms with E-state index in [1.165, 1.54) is 29.4 Å². The number of halogens is 7. The van der Waals surface area contributed by atoms with Gasteiger partial charge in [0.2, 0.25) is 0 Å². The molecule has 1 saturated heterocycles. The summed E-state index contributed by atoms with van der Waals surface area (Å²) in [7, 11) is -0.314. The lowest BCUT2D eigenvalue weighted by molar-refractivity contribution is -0.138. The van der Waals surface area contributed by atoms with E-state index in [2.05, 4.69) is 9.97 Å². The van der Waals surface area contributed by atoms with Crippen LogP contribution in [-0.4, -0.2) is 87.7 Å². The minimum Gasteiger partial charge on any atom is -0.444 e. The smallest absolute Gasteiger partial charge is 0.444 e. The predicted octanol–water partition coefficient (Wildman–Crippen LogP) is 11.7. The molecule has 0 aromatic carbocycles. The SMILES string of the molecule is C.CC.CC(C)(C)OC(=O)N1CC=C(B2OC(C)(C)C(C)(C)O2)CC1.CC(C)(C)OC(=O)N1CC=C(c2ncccc2C(F)(F)F)CC1.FC(F)(F)c1cccnc1Cl. The Morgan fingerprint density at radius 2 is 1.15 bits per heavy atom. The van der Waals surface area contributed by atoms with Gasteiger partial charge in [-0.3, -0.25) is 4.98 Å². The van der Waals surface area contributed by atoms with Gasteiger partial charge >= 0.3 is 31.7 Å². The van der Waals surface area contributed by atoms with Gasteiger partial charge in [0, 0.05) is 38.6 Å². The molecule has 2 aromatic rings. The third-order valence-corrected chi connectivity index (χ3v) is 9.10. The summed E-state index contributed by atoms with van der Waals surface area (Å²) in [5.74, 6) is 0. The van der Waals surface area contributed by atoms with Crippen molar-refractivity contribution in [3.05, 3.63) is 76.3 Å². The normalized spacial score (nSPS) is 17.6. The molecule has 2 aromatic heterocycles. The molecule has 10 nitrogen and oxygen atoms in total. The van der Waals surface area contributed by atoms with Crippen LogP contribution in [0.3, 0.4) is 0 Å². The van der Waals surface area contributed by atoms with Crippen molar-refractivity contribution in [3.8, 4) is 0 Å². The minimum atomic E-state index is -4.45. The average Bonchev–Trinajstić information content (AvgIpc) is 3.33. The summed E-state index contributed by atoms with van der Waals surface area (Å²) in [6, 6.07) is 4.36. The molecule has 5 heterocycles. The number of amides is 2. The minimum absolute atomic E-state index is 0. The maximum absolute atomic E-state index is 13.0. The monoisotopic (exact) mass is 864 g/mol. The number of nitrogens with zero attached hydrogens (tertiary/aromatic N) is 4. The molecule has 0 N–H and O–H groups in total. The van der Waals surface area contributed by atoms with Gasteiger partial charge in [0.25, 0.3) is 0 Å². The van der Waals surface area contributed by atoms with Gasteiger partial charge in [-0.05, 0) is 117 Å². The number of hydrogen-bond donors (Lipinski definition) is 0. The zero-order chi connectivity index (χ0) is 44.5. The highest BCUT2D eigenvalue weighted by Crippen LogP contribution is 2.40. The number of carbonyl (C=O) groups is 2. The Morgan fingerprint density at radius 3 is 1.51 bits per heavy atom. The van der Waals surface area contributed by atoms with Crippen molar-refractivity contribution < 1.29 is 54.7 Å². The van der Waals surface area contributed by atoms with E-state index in [4.69, 9.17) is 30.4 Å². The molecule has 0 radical (unpaired) electrons. The lowest BCUT2D eigenvalue weighted by Gasteiger charge is -2.32. The molecule has 3 aliphatic rings. The quantitative estimate of drug-likeness (QED) is 0.167. The van der Waals surface area contributed by atoms with Gasteiger partial charge in [-0.1, -0.05) is 45.0 Å². The largest absolute Gasteiger partial charge is 0.490 e. The molecular weight excluding hydrogens is 805 g/mol. The van der Waals surface area contributed by atoms with E-state index in [0.717, 1.165) is 24.0 Å². The van der Waals surface area contributed by atoms with Crippen LogP contribution >= 0.6 is 11.6 Å². The molecule has 0 aliphatic carbocycles. The third kappa shape index (κ3) is 16.3. The van der Waals surface area contributed by atoms with Gasteiger partial charge in [-0.25, -0.2) is 14.6 Å². The first-order valence-corrected chi connectivity index (χ1v) is 19.3. The fourth-order valence-corrected chi connectivity index (χ4v) is 5.48. The number of aromatic nitrogens is 2. The Morgan fingerprint density at radius 1 is 0.729 bits per heavy atom. The highest BCUT2D eigenvalue weighted by molar-refractivity contribution is 6.54.